The highest BCUT2D eigenvalue weighted by atomic mass is 35.5. The molecule has 0 aliphatic heterocycles. The molecule has 0 aliphatic rings. The number of nitrogens with zero attached hydrogens (tertiary/aromatic N) is 1. The van der Waals surface area contributed by atoms with Gasteiger partial charge in [-0.25, -0.2) is 4.98 Å². The molecule has 0 radical (unpaired) electrons. The maximum absolute atomic E-state index is 12.1. The first-order chi connectivity index (χ1) is 10.2. The number of carbonyl (C=O) groups is 1. The van der Waals surface area contributed by atoms with Crippen molar-refractivity contribution in [1.29, 1.82) is 0 Å². The molecular formula is C15H17ClN4OS. The first-order valence-corrected chi connectivity index (χ1v) is 7.66. The van der Waals surface area contributed by atoms with E-state index in [1.165, 1.54) is 11.3 Å². The molecule has 0 aliphatic carbocycles. The Labute approximate surface area is 138 Å². The van der Waals surface area contributed by atoms with Gasteiger partial charge in [0.25, 0.3) is 5.91 Å². The van der Waals surface area contributed by atoms with Crippen molar-refractivity contribution in [1.82, 2.24) is 15.3 Å². The summed E-state index contributed by atoms with van der Waals surface area (Å²) in [7, 11) is 0. The molecule has 3 rings (SSSR count). The predicted molar refractivity (Wildman–Crippen MR) is 82.6 cm³/mol. The highest BCUT2D eigenvalue weighted by molar-refractivity contribution is 7.09. The monoisotopic (exact) mass is 336 g/mol. The third-order valence-corrected chi connectivity index (χ3v) is 4.19. The summed E-state index contributed by atoms with van der Waals surface area (Å²) in [4.78, 5) is 19.5. The molecule has 2 heterocycles. The number of thiazole rings is 1. The smallest absolute Gasteiger partial charge is 0.278 e. The Balaban J connectivity index is 0.00000176. The summed E-state index contributed by atoms with van der Waals surface area (Å²) in [5.74, 6) is -0.0459. The van der Waals surface area contributed by atoms with Crippen LogP contribution in [0.1, 0.15) is 10.6 Å². The molecule has 3 aromatic rings. The zero-order valence-electron chi connectivity index (χ0n) is 11.9. The van der Waals surface area contributed by atoms with Crippen molar-refractivity contribution in [2.24, 2.45) is 0 Å². The minimum Gasteiger partial charge on any atom is -1.00 e. The molecule has 5 N–H and O–H groups in total. The van der Waals surface area contributed by atoms with Crippen LogP contribution in [-0.4, -0.2) is 21.9 Å². The van der Waals surface area contributed by atoms with E-state index in [0.29, 0.717) is 13.0 Å². The Morgan fingerprint density at radius 3 is 3.00 bits per heavy atom. The van der Waals surface area contributed by atoms with E-state index < -0.39 is 0 Å². The van der Waals surface area contributed by atoms with Crippen molar-refractivity contribution in [2.45, 2.75) is 19.0 Å². The van der Waals surface area contributed by atoms with E-state index in [9.17, 15) is 4.79 Å². The number of halogens is 1. The van der Waals surface area contributed by atoms with Gasteiger partial charge < -0.3 is 28.4 Å². The van der Waals surface area contributed by atoms with Gasteiger partial charge in [0.1, 0.15) is 5.01 Å². The Kier molecular flexibility index (Phi) is 5.54. The number of fused-ring (bicyclic) bond motifs is 1. The SMILES string of the molecule is [Cl-].[NH3+][C@@H](Cc1c[nH]c2ccccc12)C(=O)NCc1nccs1. The predicted octanol–water partition coefficient (Wildman–Crippen LogP) is -1.90. The summed E-state index contributed by atoms with van der Waals surface area (Å²) < 4.78 is 0. The van der Waals surface area contributed by atoms with Gasteiger partial charge in [0.2, 0.25) is 0 Å². The fraction of sp³-hybridized carbons (Fsp3) is 0.200. The third kappa shape index (κ3) is 3.65. The third-order valence-electron chi connectivity index (χ3n) is 3.41. The quantitative estimate of drug-likeness (QED) is 0.508. The zero-order chi connectivity index (χ0) is 14.7. The highest BCUT2D eigenvalue weighted by Gasteiger charge is 2.19. The van der Waals surface area contributed by atoms with Crippen molar-refractivity contribution in [3.63, 3.8) is 0 Å². The lowest BCUT2D eigenvalue weighted by Crippen LogP contribution is -3.00. The maximum Gasteiger partial charge on any atom is 0.278 e. The topological polar surface area (TPSA) is 85.4 Å². The van der Waals surface area contributed by atoms with E-state index in [1.807, 2.05) is 29.8 Å². The van der Waals surface area contributed by atoms with Crippen molar-refractivity contribution < 1.29 is 22.9 Å². The number of aromatic amines is 1. The van der Waals surface area contributed by atoms with Gasteiger partial charge in [0, 0.05) is 35.1 Å². The number of hydrogen-bond acceptors (Lipinski definition) is 3. The molecule has 0 bridgehead atoms. The van der Waals surface area contributed by atoms with E-state index in [-0.39, 0.29) is 24.4 Å². The molecule has 7 heteroatoms. The number of H-pyrrole nitrogens is 1. The number of amides is 1. The van der Waals surface area contributed by atoms with E-state index in [0.717, 1.165) is 21.5 Å². The van der Waals surface area contributed by atoms with Gasteiger partial charge in [-0.3, -0.25) is 4.79 Å². The van der Waals surface area contributed by atoms with Gasteiger partial charge in [-0.1, -0.05) is 18.2 Å². The van der Waals surface area contributed by atoms with Crippen molar-refractivity contribution in [2.75, 3.05) is 0 Å². The summed E-state index contributed by atoms with van der Waals surface area (Å²) in [6.07, 6.45) is 4.31. The molecule has 0 saturated carbocycles. The molecule has 1 atom stereocenters. The van der Waals surface area contributed by atoms with E-state index in [4.69, 9.17) is 0 Å². The first-order valence-electron chi connectivity index (χ1n) is 6.78. The van der Waals surface area contributed by atoms with Crippen LogP contribution < -0.4 is 23.5 Å². The van der Waals surface area contributed by atoms with Gasteiger partial charge in [0.05, 0.1) is 6.54 Å². The summed E-state index contributed by atoms with van der Waals surface area (Å²) in [6, 6.07) is 7.76. The van der Waals surface area contributed by atoms with Gasteiger partial charge in [-0.2, -0.15) is 0 Å². The first kappa shape index (κ1) is 16.5. The van der Waals surface area contributed by atoms with Crippen LogP contribution in [0.15, 0.2) is 42.0 Å². The molecule has 1 aromatic carbocycles. The molecular weight excluding hydrogens is 320 g/mol. The molecule has 2 aromatic heterocycles. The molecule has 0 unspecified atom stereocenters. The Bertz CT molecular complexity index is 741. The Hall–Kier alpha value is -1.89. The highest BCUT2D eigenvalue weighted by Crippen LogP contribution is 2.18. The second kappa shape index (κ2) is 7.40. The molecule has 5 nitrogen and oxygen atoms in total. The van der Waals surface area contributed by atoms with Gasteiger partial charge in [0.15, 0.2) is 6.04 Å². The van der Waals surface area contributed by atoms with Crippen molar-refractivity contribution in [3.05, 3.63) is 52.6 Å². The second-order valence-corrected chi connectivity index (χ2v) is 5.88. The summed E-state index contributed by atoms with van der Waals surface area (Å²) in [5, 5.41) is 6.84. The lowest BCUT2D eigenvalue weighted by Gasteiger charge is -2.08. The molecule has 116 valence electrons. The van der Waals surface area contributed by atoms with Crippen LogP contribution in [0.3, 0.4) is 0 Å². The number of aromatic nitrogens is 2. The molecule has 22 heavy (non-hydrogen) atoms. The lowest BCUT2D eigenvalue weighted by atomic mass is 10.1. The minimum atomic E-state index is -0.316. The number of nitrogens with one attached hydrogen (secondary N) is 2. The van der Waals surface area contributed by atoms with Crippen LogP contribution in [0.25, 0.3) is 10.9 Å². The van der Waals surface area contributed by atoms with Crippen molar-refractivity contribution in [3.8, 4) is 0 Å². The standard InChI is InChI=1S/C15H16N4OS.ClH/c16-12(15(20)19-9-14-17-5-6-21-14)7-10-8-18-13-4-2-1-3-11(10)13;/h1-6,8,12,18H,7,9,16H2,(H,19,20);1H/t12-;/m0./s1. The van der Waals surface area contributed by atoms with Gasteiger partial charge in [-0.05, 0) is 11.6 Å². The fourth-order valence-corrected chi connectivity index (χ4v) is 2.86. The largest absolute Gasteiger partial charge is 1.00 e. The average Bonchev–Trinajstić information content (AvgIpc) is 3.15. The minimum absolute atomic E-state index is 0. The van der Waals surface area contributed by atoms with Crippen LogP contribution in [0.5, 0.6) is 0 Å². The van der Waals surface area contributed by atoms with Gasteiger partial charge >= 0.3 is 0 Å². The van der Waals surface area contributed by atoms with E-state index in [1.54, 1.807) is 6.20 Å². The van der Waals surface area contributed by atoms with E-state index in [2.05, 4.69) is 27.1 Å². The second-order valence-electron chi connectivity index (χ2n) is 4.90. The van der Waals surface area contributed by atoms with Crippen molar-refractivity contribution >= 4 is 28.1 Å². The van der Waals surface area contributed by atoms with Crippen LogP contribution in [0.4, 0.5) is 0 Å². The Morgan fingerprint density at radius 1 is 1.41 bits per heavy atom. The molecule has 0 fully saturated rings. The summed E-state index contributed by atoms with van der Waals surface area (Å²) in [6.45, 7) is 0.469. The summed E-state index contributed by atoms with van der Waals surface area (Å²) >= 11 is 1.53. The molecule has 1 amide bonds. The van der Waals surface area contributed by atoms with Crippen LogP contribution in [-0.2, 0) is 17.8 Å². The average molecular weight is 337 g/mol. The maximum atomic E-state index is 12.1. The van der Waals surface area contributed by atoms with Gasteiger partial charge in [-0.15, -0.1) is 11.3 Å². The normalized spacial score (nSPS) is 11.9. The Morgan fingerprint density at radius 2 is 2.23 bits per heavy atom. The van der Waals surface area contributed by atoms with Crippen LogP contribution in [0, 0.1) is 0 Å². The summed E-state index contributed by atoms with van der Waals surface area (Å²) in [5.41, 5.74) is 6.18. The lowest BCUT2D eigenvalue weighted by molar-refractivity contribution is -0.403. The molecule has 0 saturated heterocycles. The zero-order valence-corrected chi connectivity index (χ0v) is 13.5. The van der Waals surface area contributed by atoms with Crippen LogP contribution in [0.2, 0.25) is 0 Å². The van der Waals surface area contributed by atoms with Crippen LogP contribution >= 0.6 is 11.3 Å². The number of carbonyl (C=O) groups excluding carboxylic acids is 1. The number of benzene rings is 1. The molecule has 0 spiro atoms. The number of rotatable bonds is 5. The number of quaternary nitrogens is 1. The number of hydrogen-bond donors (Lipinski definition) is 3. The fourth-order valence-electron chi connectivity index (χ4n) is 2.31. The number of para-hydroxylation sites is 1. The van der Waals surface area contributed by atoms with E-state index >= 15 is 0 Å².